The summed E-state index contributed by atoms with van der Waals surface area (Å²) in [6, 6.07) is 14.6. The third-order valence-corrected chi connectivity index (χ3v) is 4.73. The molecule has 4 rings (SSSR count). The van der Waals surface area contributed by atoms with Crippen molar-refractivity contribution >= 4 is 23.2 Å². The number of aryl methyl sites for hydroxylation is 1. The number of hydrogen-bond donors (Lipinski definition) is 1. The van der Waals surface area contributed by atoms with Gasteiger partial charge in [0.25, 0.3) is 5.91 Å². The van der Waals surface area contributed by atoms with Crippen LogP contribution in [0.4, 0.5) is 17.3 Å². The van der Waals surface area contributed by atoms with Gasteiger partial charge in [-0.3, -0.25) is 4.79 Å². The zero-order chi connectivity index (χ0) is 20.2. The summed E-state index contributed by atoms with van der Waals surface area (Å²) in [6.07, 6.45) is 1.51. The largest absolute Gasteiger partial charge is 0.459 e. The number of carbonyl (C=O) groups is 1. The average Bonchev–Trinajstić information content (AvgIpc) is 3.28. The minimum Gasteiger partial charge on any atom is -0.459 e. The quantitative estimate of drug-likeness (QED) is 0.734. The van der Waals surface area contributed by atoms with Gasteiger partial charge in [0.15, 0.2) is 5.76 Å². The molecule has 0 atom stereocenters. The van der Waals surface area contributed by atoms with Crippen molar-refractivity contribution in [3.8, 4) is 6.07 Å². The van der Waals surface area contributed by atoms with Crippen molar-refractivity contribution in [1.29, 1.82) is 5.26 Å². The molecule has 3 aromatic rings. The number of nitrogens with one attached hydrogen (secondary N) is 1. The normalized spacial score (nSPS) is 13.8. The Hall–Kier alpha value is -3.86. The zero-order valence-corrected chi connectivity index (χ0v) is 16.0. The minimum atomic E-state index is -0.0864. The van der Waals surface area contributed by atoms with Gasteiger partial charge in [-0.25, -0.2) is 9.97 Å². The predicted molar refractivity (Wildman–Crippen MR) is 108 cm³/mol. The van der Waals surface area contributed by atoms with Crippen molar-refractivity contribution in [3.63, 3.8) is 0 Å². The number of hydrogen-bond acceptors (Lipinski definition) is 7. The standard InChI is InChI=1S/C21H20N6O2/c1-15-23-19(25-17-6-4-16(14-22)5-7-17)13-20(24-15)26-8-10-27(11-9-26)21(28)18-3-2-12-29-18/h2-7,12-13H,8-11H2,1H3,(H,23,24,25). The molecule has 0 bridgehead atoms. The van der Waals surface area contributed by atoms with Gasteiger partial charge in [-0.15, -0.1) is 0 Å². The van der Waals surface area contributed by atoms with E-state index in [1.807, 2.05) is 25.1 Å². The van der Waals surface area contributed by atoms with Gasteiger partial charge in [0.05, 0.1) is 17.9 Å². The lowest BCUT2D eigenvalue weighted by atomic mass is 10.2. The summed E-state index contributed by atoms with van der Waals surface area (Å²) in [5.41, 5.74) is 1.46. The number of furan rings is 1. The zero-order valence-electron chi connectivity index (χ0n) is 16.0. The average molecular weight is 388 g/mol. The molecule has 0 radical (unpaired) electrons. The third kappa shape index (κ3) is 4.19. The van der Waals surface area contributed by atoms with Gasteiger partial charge in [0, 0.05) is 37.9 Å². The highest BCUT2D eigenvalue weighted by molar-refractivity contribution is 5.91. The molecule has 8 nitrogen and oxygen atoms in total. The van der Waals surface area contributed by atoms with Crippen LogP contribution in [0.2, 0.25) is 0 Å². The molecule has 0 saturated carbocycles. The maximum atomic E-state index is 12.4. The van der Waals surface area contributed by atoms with Crippen LogP contribution in [0.5, 0.6) is 0 Å². The number of benzene rings is 1. The molecule has 1 amide bonds. The highest BCUT2D eigenvalue weighted by atomic mass is 16.3. The molecule has 146 valence electrons. The molecular formula is C21H20N6O2. The van der Waals surface area contributed by atoms with E-state index >= 15 is 0 Å². The van der Waals surface area contributed by atoms with Crippen LogP contribution < -0.4 is 10.2 Å². The van der Waals surface area contributed by atoms with Crippen molar-refractivity contribution in [1.82, 2.24) is 14.9 Å². The van der Waals surface area contributed by atoms with E-state index in [4.69, 9.17) is 9.68 Å². The van der Waals surface area contributed by atoms with Gasteiger partial charge >= 0.3 is 0 Å². The minimum absolute atomic E-state index is 0.0864. The van der Waals surface area contributed by atoms with E-state index in [0.717, 1.165) is 11.5 Å². The van der Waals surface area contributed by atoms with E-state index < -0.39 is 0 Å². The lowest BCUT2D eigenvalue weighted by Gasteiger charge is -2.35. The van der Waals surface area contributed by atoms with E-state index in [2.05, 4.69) is 26.3 Å². The summed E-state index contributed by atoms with van der Waals surface area (Å²) in [7, 11) is 0. The fourth-order valence-corrected chi connectivity index (χ4v) is 3.25. The highest BCUT2D eigenvalue weighted by Gasteiger charge is 2.24. The van der Waals surface area contributed by atoms with Gasteiger partial charge in [-0.05, 0) is 43.3 Å². The molecule has 0 aliphatic carbocycles. The van der Waals surface area contributed by atoms with Crippen LogP contribution in [-0.4, -0.2) is 47.0 Å². The number of carbonyl (C=O) groups excluding carboxylic acids is 1. The van der Waals surface area contributed by atoms with Crippen LogP contribution in [0.25, 0.3) is 0 Å². The van der Waals surface area contributed by atoms with Crippen molar-refractivity contribution in [2.75, 3.05) is 36.4 Å². The number of anilines is 3. The molecule has 3 heterocycles. The van der Waals surface area contributed by atoms with Crippen molar-refractivity contribution < 1.29 is 9.21 Å². The molecule has 8 heteroatoms. The van der Waals surface area contributed by atoms with Crippen LogP contribution in [0.1, 0.15) is 21.9 Å². The van der Waals surface area contributed by atoms with Crippen LogP contribution >= 0.6 is 0 Å². The Morgan fingerprint density at radius 3 is 2.55 bits per heavy atom. The van der Waals surface area contributed by atoms with Crippen molar-refractivity contribution in [2.24, 2.45) is 0 Å². The smallest absolute Gasteiger partial charge is 0.289 e. The summed E-state index contributed by atoms with van der Waals surface area (Å²) in [5, 5.41) is 12.2. The monoisotopic (exact) mass is 388 g/mol. The van der Waals surface area contributed by atoms with Crippen LogP contribution in [0.15, 0.2) is 53.1 Å². The molecule has 1 aliphatic heterocycles. The number of nitriles is 1. The summed E-state index contributed by atoms with van der Waals surface area (Å²) in [6.45, 7) is 4.41. The number of aromatic nitrogens is 2. The second-order valence-electron chi connectivity index (χ2n) is 6.73. The predicted octanol–water partition coefficient (Wildman–Crippen LogP) is 2.96. The lowest BCUT2D eigenvalue weighted by molar-refractivity contribution is 0.0714. The molecular weight excluding hydrogens is 368 g/mol. The SMILES string of the molecule is Cc1nc(Nc2ccc(C#N)cc2)cc(N2CCN(C(=O)c3ccco3)CC2)n1. The van der Waals surface area contributed by atoms with Crippen molar-refractivity contribution in [3.05, 3.63) is 65.9 Å². The summed E-state index contributed by atoms with van der Waals surface area (Å²) >= 11 is 0. The molecule has 1 aromatic carbocycles. The maximum absolute atomic E-state index is 12.4. The van der Waals surface area contributed by atoms with Crippen molar-refractivity contribution in [2.45, 2.75) is 6.92 Å². The molecule has 2 aromatic heterocycles. The van der Waals surface area contributed by atoms with Gasteiger partial charge < -0.3 is 19.5 Å². The molecule has 0 spiro atoms. The summed E-state index contributed by atoms with van der Waals surface area (Å²) in [4.78, 5) is 25.4. The van der Waals surface area contributed by atoms with E-state index in [1.165, 1.54) is 6.26 Å². The first-order chi connectivity index (χ1) is 14.1. The topological polar surface area (TPSA) is 98.3 Å². The number of rotatable bonds is 4. The number of nitrogens with zero attached hydrogens (tertiary/aromatic N) is 5. The van der Waals surface area contributed by atoms with E-state index in [-0.39, 0.29) is 5.91 Å². The Kier molecular flexibility index (Phi) is 5.12. The number of piperazine rings is 1. The molecule has 29 heavy (non-hydrogen) atoms. The van der Waals surface area contributed by atoms with E-state index in [1.54, 1.807) is 29.2 Å². The number of amides is 1. The van der Waals surface area contributed by atoms with Gasteiger partial charge in [0.1, 0.15) is 17.5 Å². The Morgan fingerprint density at radius 1 is 1.14 bits per heavy atom. The van der Waals surface area contributed by atoms with Crippen LogP contribution in [-0.2, 0) is 0 Å². The molecule has 1 fully saturated rings. The second kappa shape index (κ2) is 8.02. The van der Waals surface area contributed by atoms with Crippen LogP contribution in [0.3, 0.4) is 0 Å². The molecule has 0 unspecified atom stereocenters. The molecule has 1 N–H and O–H groups in total. The third-order valence-electron chi connectivity index (χ3n) is 4.73. The van der Waals surface area contributed by atoms with Gasteiger partial charge in [-0.1, -0.05) is 0 Å². The molecule has 1 saturated heterocycles. The Labute approximate surface area is 168 Å². The van der Waals surface area contributed by atoms with E-state index in [9.17, 15) is 4.79 Å². The fourth-order valence-electron chi connectivity index (χ4n) is 3.25. The second-order valence-corrected chi connectivity index (χ2v) is 6.73. The highest BCUT2D eigenvalue weighted by Crippen LogP contribution is 2.21. The molecule has 1 aliphatic rings. The maximum Gasteiger partial charge on any atom is 0.289 e. The first-order valence-corrected chi connectivity index (χ1v) is 9.33. The van der Waals surface area contributed by atoms with Gasteiger partial charge in [-0.2, -0.15) is 5.26 Å². The lowest BCUT2D eigenvalue weighted by Crippen LogP contribution is -2.49. The van der Waals surface area contributed by atoms with Gasteiger partial charge in [0.2, 0.25) is 0 Å². The Bertz CT molecular complexity index is 1030. The first-order valence-electron chi connectivity index (χ1n) is 9.33. The first kappa shape index (κ1) is 18.5. The van der Waals surface area contributed by atoms with E-state index in [0.29, 0.717) is 49.1 Å². The van der Waals surface area contributed by atoms with Crippen LogP contribution in [0, 0.1) is 18.3 Å². The fraction of sp³-hybridized carbons (Fsp3) is 0.238. The Morgan fingerprint density at radius 2 is 1.90 bits per heavy atom. The Balaban J connectivity index is 1.44. The summed E-state index contributed by atoms with van der Waals surface area (Å²) < 4.78 is 5.21. The summed E-state index contributed by atoms with van der Waals surface area (Å²) in [5.74, 6) is 2.44.